The van der Waals surface area contributed by atoms with Crippen LogP contribution in [0, 0.1) is 20.8 Å². The quantitative estimate of drug-likeness (QED) is 0.154. The Labute approximate surface area is 417 Å². The maximum Gasteiger partial charge on any atom is 0.252 e. The van der Waals surface area contributed by atoms with E-state index in [1.165, 1.54) is 101 Å². The minimum atomic E-state index is -0.0368. The van der Waals surface area contributed by atoms with Crippen LogP contribution in [0.25, 0.3) is 11.1 Å². The van der Waals surface area contributed by atoms with Gasteiger partial charge in [0.25, 0.3) is 6.71 Å². The van der Waals surface area contributed by atoms with Crippen molar-refractivity contribution in [3.8, 4) is 11.1 Å². The Morgan fingerprint density at radius 1 is 0.386 bits per heavy atom. The Kier molecular flexibility index (Phi) is 9.91. The van der Waals surface area contributed by atoms with Crippen molar-refractivity contribution in [1.82, 2.24) is 0 Å². The monoisotopic (exact) mass is 912 g/mol. The van der Waals surface area contributed by atoms with Crippen molar-refractivity contribution in [2.24, 2.45) is 0 Å². The number of fused-ring (bicyclic) bond motifs is 6. The molecule has 0 unspecified atom stereocenters. The molecule has 0 saturated heterocycles. The Balaban J connectivity index is 1.20. The molecule has 0 bridgehead atoms. The van der Waals surface area contributed by atoms with Crippen LogP contribution >= 0.6 is 0 Å². The first-order chi connectivity index (χ1) is 33.4. The Hall–Kier alpha value is -6.78. The number of nitrogens with zero attached hydrogens (tertiary/aromatic N) is 3. The third-order valence-corrected chi connectivity index (χ3v) is 16.9. The van der Waals surface area contributed by atoms with Gasteiger partial charge in [0.15, 0.2) is 0 Å². The summed E-state index contributed by atoms with van der Waals surface area (Å²) < 4.78 is 0. The first-order valence-corrected chi connectivity index (χ1v) is 25.7. The van der Waals surface area contributed by atoms with Gasteiger partial charge in [0.2, 0.25) is 0 Å². The molecule has 12 rings (SSSR count). The lowest BCUT2D eigenvalue weighted by molar-refractivity contribution is 0.332. The van der Waals surface area contributed by atoms with Gasteiger partial charge in [-0.05, 0) is 201 Å². The molecule has 0 radical (unpaired) electrons. The van der Waals surface area contributed by atoms with Gasteiger partial charge in [0.1, 0.15) is 0 Å². The second kappa shape index (κ2) is 15.6. The second-order valence-electron chi connectivity index (χ2n) is 23.8. The highest BCUT2D eigenvalue weighted by Gasteiger charge is 2.48. The largest absolute Gasteiger partial charge is 0.311 e. The number of anilines is 9. The van der Waals surface area contributed by atoms with Crippen LogP contribution in [0.4, 0.5) is 51.2 Å². The van der Waals surface area contributed by atoms with Crippen molar-refractivity contribution < 1.29 is 0 Å². The molecule has 0 saturated carbocycles. The smallest absolute Gasteiger partial charge is 0.252 e. The van der Waals surface area contributed by atoms with E-state index >= 15 is 0 Å². The zero-order valence-corrected chi connectivity index (χ0v) is 43.1. The molecule has 2 aliphatic carbocycles. The molecule has 0 fully saturated rings. The number of para-hydroxylation sites is 2. The van der Waals surface area contributed by atoms with E-state index in [1.54, 1.807) is 0 Å². The third kappa shape index (κ3) is 6.84. The predicted molar refractivity (Wildman–Crippen MR) is 301 cm³/mol. The number of aryl methyl sites for hydroxylation is 3. The van der Waals surface area contributed by atoms with Gasteiger partial charge in [0.05, 0.1) is 0 Å². The zero-order chi connectivity index (χ0) is 48.6. The van der Waals surface area contributed by atoms with Crippen LogP contribution in [0.1, 0.15) is 114 Å². The van der Waals surface area contributed by atoms with Gasteiger partial charge < -0.3 is 14.7 Å². The lowest BCUT2D eigenvalue weighted by atomic mass is 9.33. The van der Waals surface area contributed by atoms with E-state index in [0.29, 0.717) is 0 Å². The van der Waals surface area contributed by atoms with Gasteiger partial charge in [-0.2, -0.15) is 0 Å². The van der Waals surface area contributed by atoms with Crippen molar-refractivity contribution in [3.63, 3.8) is 0 Å². The molecule has 0 N–H and O–H groups in total. The molecule has 348 valence electrons. The lowest BCUT2D eigenvalue weighted by Gasteiger charge is -2.48. The molecule has 2 aliphatic heterocycles. The van der Waals surface area contributed by atoms with Crippen LogP contribution in [0.15, 0.2) is 164 Å². The van der Waals surface area contributed by atoms with Crippen LogP contribution in [0.5, 0.6) is 0 Å². The highest BCUT2D eigenvalue weighted by molar-refractivity contribution is 7.00. The van der Waals surface area contributed by atoms with Gasteiger partial charge in [-0.15, -0.1) is 0 Å². The molecular weight excluding hydrogens is 846 g/mol. The molecule has 2 heterocycles. The molecule has 0 amide bonds. The molecule has 8 aromatic rings. The molecule has 0 atom stereocenters. The van der Waals surface area contributed by atoms with E-state index in [0.717, 1.165) is 36.3 Å². The van der Waals surface area contributed by atoms with Gasteiger partial charge in [-0.25, -0.2) is 0 Å². The SMILES string of the molecule is Cc1cc2c3c(c1)N(c1cc4c(cc1C)C(C)(C)CC4(C)C)c1cc4c(cc1B3c1cc(N(c3ccccc3)c3ccccc3)ccc1N2c1cc(-c2ccccc2)ccc1C)C(C)(C)CCC4(C)C. The summed E-state index contributed by atoms with van der Waals surface area (Å²) in [5.41, 5.74) is 27.5. The highest BCUT2D eigenvalue weighted by Crippen LogP contribution is 2.55. The van der Waals surface area contributed by atoms with Crippen LogP contribution < -0.4 is 31.1 Å². The number of benzene rings is 8. The average Bonchev–Trinajstić information content (AvgIpc) is 3.52. The molecule has 0 aromatic heterocycles. The Morgan fingerprint density at radius 2 is 0.886 bits per heavy atom. The third-order valence-electron chi connectivity index (χ3n) is 16.9. The minimum Gasteiger partial charge on any atom is -0.311 e. The predicted octanol–water partition coefficient (Wildman–Crippen LogP) is 16.1. The van der Waals surface area contributed by atoms with E-state index in [2.05, 4.69) is 255 Å². The topological polar surface area (TPSA) is 9.72 Å². The summed E-state index contributed by atoms with van der Waals surface area (Å²) in [5, 5.41) is 0. The summed E-state index contributed by atoms with van der Waals surface area (Å²) in [6, 6.07) is 62.5. The molecule has 0 spiro atoms. The highest BCUT2D eigenvalue weighted by atomic mass is 15.2. The summed E-state index contributed by atoms with van der Waals surface area (Å²) in [4.78, 5) is 7.77. The Morgan fingerprint density at radius 3 is 1.50 bits per heavy atom. The maximum atomic E-state index is 2.72. The molecule has 3 nitrogen and oxygen atoms in total. The van der Waals surface area contributed by atoms with E-state index in [4.69, 9.17) is 0 Å². The number of rotatable bonds is 6. The van der Waals surface area contributed by atoms with Gasteiger partial charge in [0, 0.05) is 51.2 Å². The molecule has 8 aromatic carbocycles. The van der Waals surface area contributed by atoms with Crippen LogP contribution in [-0.4, -0.2) is 6.71 Å². The van der Waals surface area contributed by atoms with Crippen LogP contribution in [0.2, 0.25) is 0 Å². The molecule has 4 heteroatoms. The van der Waals surface area contributed by atoms with E-state index in [1.807, 2.05) is 0 Å². The minimum absolute atomic E-state index is 0.0258. The lowest BCUT2D eigenvalue weighted by Crippen LogP contribution is -2.62. The zero-order valence-electron chi connectivity index (χ0n) is 43.1. The second-order valence-corrected chi connectivity index (χ2v) is 23.8. The number of hydrogen-bond donors (Lipinski definition) is 0. The van der Waals surface area contributed by atoms with Crippen molar-refractivity contribution >= 4 is 74.3 Å². The first-order valence-electron chi connectivity index (χ1n) is 25.7. The van der Waals surface area contributed by atoms with Crippen LogP contribution in [-0.2, 0) is 21.7 Å². The van der Waals surface area contributed by atoms with Crippen molar-refractivity contribution in [1.29, 1.82) is 0 Å². The van der Waals surface area contributed by atoms with Gasteiger partial charge in [-0.3, -0.25) is 0 Å². The molecule has 70 heavy (non-hydrogen) atoms. The molecular formula is C66H66BN3. The summed E-state index contributed by atoms with van der Waals surface area (Å²) in [6.45, 7) is 26.7. The maximum absolute atomic E-state index is 2.72. The van der Waals surface area contributed by atoms with Crippen LogP contribution in [0.3, 0.4) is 0 Å². The van der Waals surface area contributed by atoms with Crippen molar-refractivity contribution in [2.45, 2.75) is 117 Å². The Bertz CT molecular complexity index is 3360. The van der Waals surface area contributed by atoms with Crippen molar-refractivity contribution in [3.05, 3.63) is 203 Å². The van der Waals surface area contributed by atoms with Gasteiger partial charge >= 0.3 is 0 Å². The summed E-state index contributed by atoms with van der Waals surface area (Å²) in [6.07, 6.45) is 3.45. The van der Waals surface area contributed by atoms with Gasteiger partial charge in [-0.1, -0.05) is 146 Å². The fraction of sp³-hybridized carbons (Fsp3) is 0.273. The standard InChI is InChI=1S/C66H66BN3/c1-42-33-60-62-61(34-42)70(58-39-53-50(35-44(58)3)65(8,9)41-66(53,10)11)59-40-52-51(63(4,5)31-32-64(52,6)7)38-55(59)67(62)54-37-49(68(47-23-17-13-18-24-47)48-25-19-14-20-26-48)29-30-56(54)69(60)57-36-46(28-27-43(57)2)45-21-15-12-16-22-45/h12-30,33-40H,31-32,41H2,1-11H3. The normalized spacial score (nSPS) is 17.3. The van der Waals surface area contributed by atoms with E-state index in [-0.39, 0.29) is 28.4 Å². The fourth-order valence-electron chi connectivity index (χ4n) is 13.5. The summed E-state index contributed by atoms with van der Waals surface area (Å²) >= 11 is 0. The first kappa shape index (κ1) is 44.4. The number of hydrogen-bond acceptors (Lipinski definition) is 3. The summed E-state index contributed by atoms with van der Waals surface area (Å²) in [7, 11) is 0. The van der Waals surface area contributed by atoms with E-state index < -0.39 is 0 Å². The fourth-order valence-corrected chi connectivity index (χ4v) is 13.5. The molecule has 4 aliphatic rings. The van der Waals surface area contributed by atoms with Crippen molar-refractivity contribution in [2.75, 3.05) is 14.7 Å². The van der Waals surface area contributed by atoms with E-state index in [9.17, 15) is 0 Å². The average molecular weight is 912 g/mol. The summed E-state index contributed by atoms with van der Waals surface area (Å²) in [5.74, 6) is 0.